The molecule has 0 unspecified atom stereocenters. The molecular weight excluding hydrogens is 526 g/mol. The second-order valence-electron chi connectivity index (χ2n) is 9.98. The van der Waals surface area contributed by atoms with Gasteiger partial charge in [-0.2, -0.15) is 20.1 Å². The van der Waals surface area contributed by atoms with E-state index in [1.165, 1.54) is 5.39 Å². The Morgan fingerprint density at radius 3 is 2.27 bits per heavy atom. The highest BCUT2D eigenvalue weighted by Gasteiger charge is 2.21. The van der Waals surface area contributed by atoms with Crippen LogP contribution in [0.25, 0.3) is 10.8 Å². The molecule has 0 bridgehead atoms. The summed E-state index contributed by atoms with van der Waals surface area (Å²) in [5.74, 6) is 2.84. The molecule has 0 amide bonds. The van der Waals surface area contributed by atoms with Crippen molar-refractivity contribution in [2.45, 2.75) is 32.3 Å². The van der Waals surface area contributed by atoms with Crippen molar-refractivity contribution >= 4 is 46.4 Å². The molecule has 6 rings (SSSR count). The summed E-state index contributed by atoms with van der Waals surface area (Å²) in [7, 11) is 1.60. The molecule has 0 atom stereocenters. The number of aromatic nitrogens is 3. The molecule has 1 N–H and O–H groups in total. The van der Waals surface area contributed by atoms with E-state index in [-0.39, 0.29) is 0 Å². The van der Waals surface area contributed by atoms with Gasteiger partial charge >= 0.3 is 0 Å². The molecule has 9 nitrogen and oxygen atoms in total. The smallest absolute Gasteiger partial charge is 0.250 e. The number of benzene rings is 3. The lowest BCUT2D eigenvalue weighted by Gasteiger charge is -2.20. The maximum absolute atomic E-state index is 6.65. The summed E-state index contributed by atoms with van der Waals surface area (Å²) in [4.78, 5) is 18.4. The normalized spacial score (nSPS) is 15.3. The molecule has 3 heterocycles. The largest absolute Gasteiger partial charge is 0.493 e. The molecule has 2 aliphatic heterocycles. The maximum atomic E-state index is 6.65. The van der Waals surface area contributed by atoms with Crippen LogP contribution in [0.2, 0.25) is 5.02 Å². The average Bonchev–Trinajstić information content (AvgIpc) is 3.72. The summed E-state index contributed by atoms with van der Waals surface area (Å²) in [6.07, 6.45) is 6.26. The SMILES string of the molecule is COc1cc(/C=N\Nc2nc(N3CCCC3)nc(N3CCCC3)n2)cc(Cl)c1OCc1cccc2ccccc12. The molecule has 0 spiro atoms. The van der Waals surface area contributed by atoms with Crippen LogP contribution in [0.1, 0.15) is 36.8 Å². The van der Waals surface area contributed by atoms with Crippen LogP contribution < -0.4 is 24.7 Å². The Kier molecular flexibility index (Phi) is 7.81. The first-order valence-electron chi connectivity index (χ1n) is 13.7. The van der Waals surface area contributed by atoms with Gasteiger partial charge in [0.25, 0.3) is 0 Å². The Hall–Kier alpha value is -4.11. The van der Waals surface area contributed by atoms with Crippen LogP contribution in [-0.2, 0) is 6.61 Å². The Balaban J connectivity index is 1.18. The van der Waals surface area contributed by atoms with Crippen LogP contribution in [0.15, 0.2) is 59.7 Å². The monoisotopic (exact) mass is 557 g/mol. The molecule has 2 saturated heterocycles. The summed E-state index contributed by atoms with van der Waals surface area (Å²) >= 11 is 6.65. The first kappa shape index (κ1) is 26.1. The van der Waals surface area contributed by atoms with E-state index in [0.29, 0.717) is 41.0 Å². The van der Waals surface area contributed by atoms with Gasteiger partial charge in [-0.3, -0.25) is 0 Å². The number of fused-ring (bicyclic) bond motifs is 1. The first-order valence-corrected chi connectivity index (χ1v) is 14.1. The zero-order valence-electron chi connectivity index (χ0n) is 22.5. The molecule has 2 fully saturated rings. The Labute approximate surface area is 238 Å². The van der Waals surface area contributed by atoms with E-state index < -0.39 is 0 Å². The molecule has 4 aromatic rings. The van der Waals surface area contributed by atoms with E-state index in [1.807, 2.05) is 24.3 Å². The third-order valence-corrected chi connectivity index (χ3v) is 7.55. The van der Waals surface area contributed by atoms with Gasteiger partial charge in [0, 0.05) is 26.2 Å². The van der Waals surface area contributed by atoms with Crippen LogP contribution in [-0.4, -0.2) is 54.5 Å². The van der Waals surface area contributed by atoms with Gasteiger partial charge in [-0.15, -0.1) is 0 Å². The van der Waals surface area contributed by atoms with Crippen molar-refractivity contribution in [3.8, 4) is 11.5 Å². The highest BCUT2D eigenvalue weighted by molar-refractivity contribution is 6.32. The van der Waals surface area contributed by atoms with Gasteiger partial charge in [-0.25, -0.2) is 5.43 Å². The van der Waals surface area contributed by atoms with Crippen molar-refractivity contribution in [3.05, 3.63) is 70.7 Å². The van der Waals surface area contributed by atoms with Gasteiger partial charge in [0.05, 0.1) is 18.3 Å². The van der Waals surface area contributed by atoms with Gasteiger partial charge in [0.15, 0.2) is 11.5 Å². The van der Waals surface area contributed by atoms with Crippen LogP contribution in [0.4, 0.5) is 17.8 Å². The van der Waals surface area contributed by atoms with Crippen molar-refractivity contribution in [2.24, 2.45) is 5.10 Å². The van der Waals surface area contributed by atoms with Crippen LogP contribution in [0, 0.1) is 0 Å². The lowest BCUT2D eigenvalue weighted by Crippen LogP contribution is -2.25. The number of anilines is 3. The fourth-order valence-electron chi connectivity index (χ4n) is 5.21. The predicted octanol–water partition coefficient (Wildman–Crippen LogP) is 5.91. The summed E-state index contributed by atoms with van der Waals surface area (Å²) in [5.41, 5.74) is 4.82. The molecule has 0 aliphatic carbocycles. The van der Waals surface area contributed by atoms with Crippen LogP contribution in [0.5, 0.6) is 11.5 Å². The Bertz CT molecular complexity index is 1480. The quantitative estimate of drug-likeness (QED) is 0.201. The maximum Gasteiger partial charge on any atom is 0.250 e. The number of nitrogens with zero attached hydrogens (tertiary/aromatic N) is 6. The molecule has 40 heavy (non-hydrogen) atoms. The van der Waals surface area contributed by atoms with Gasteiger partial charge < -0.3 is 19.3 Å². The topological polar surface area (TPSA) is 88.0 Å². The second-order valence-corrected chi connectivity index (χ2v) is 10.4. The van der Waals surface area contributed by atoms with Gasteiger partial charge in [-0.05, 0) is 59.7 Å². The number of hydrazone groups is 1. The highest BCUT2D eigenvalue weighted by Crippen LogP contribution is 2.37. The fraction of sp³-hybridized carbons (Fsp3) is 0.333. The third kappa shape index (κ3) is 5.74. The molecule has 0 saturated carbocycles. The number of halogens is 1. The molecule has 2 aliphatic rings. The van der Waals surface area contributed by atoms with E-state index >= 15 is 0 Å². The molecular formula is C30H32ClN7O2. The van der Waals surface area contributed by atoms with Crippen molar-refractivity contribution < 1.29 is 9.47 Å². The molecule has 10 heteroatoms. The number of ether oxygens (including phenoxy) is 2. The lowest BCUT2D eigenvalue weighted by atomic mass is 10.1. The Morgan fingerprint density at radius 1 is 0.900 bits per heavy atom. The van der Waals surface area contributed by atoms with Crippen molar-refractivity contribution in [3.63, 3.8) is 0 Å². The molecule has 206 valence electrons. The number of methoxy groups -OCH3 is 1. The van der Waals surface area contributed by atoms with E-state index in [2.05, 4.69) is 54.6 Å². The molecule has 3 aromatic carbocycles. The minimum atomic E-state index is 0.366. The summed E-state index contributed by atoms with van der Waals surface area (Å²) in [6, 6.07) is 18.1. The predicted molar refractivity (Wildman–Crippen MR) is 160 cm³/mol. The molecule has 0 radical (unpaired) electrons. The molecule has 1 aromatic heterocycles. The second kappa shape index (κ2) is 12.0. The summed E-state index contributed by atoms with van der Waals surface area (Å²) in [5, 5.41) is 7.15. The summed E-state index contributed by atoms with van der Waals surface area (Å²) < 4.78 is 11.8. The third-order valence-electron chi connectivity index (χ3n) is 7.27. The highest BCUT2D eigenvalue weighted by atomic mass is 35.5. The van der Waals surface area contributed by atoms with Gasteiger partial charge in [-0.1, -0.05) is 54.1 Å². The van der Waals surface area contributed by atoms with E-state index in [4.69, 9.17) is 26.1 Å². The minimum absolute atomic E-state index is 0.366. The van der Waals surface area contributed by atoms with Gasteiger partial charge in [0.1, 0.15) is 6.61 Å². The average molecular weight is 558 g/mol. The van der Waals surface area contributed by atoms with E-state index in [0.717, 1.165) is 68.4 Å². The number of hydrogen-bond acceptors (Lipinski definition) is 9. The minimum Gasteiger partial charge on any atom is -0.493 e. The lowest BCUT2D eigenvalue weighted by molar-refractivity contribution is 0.286. The zero-order chi connectivity index (χ0) is 27.3. The van der Waals surface area contributed by atoms with Crippen LogP contribution >= 0.6 is 11.6 Å². The van der Waals surface area contributed by atoms with Crippen molar-refractivity contribution in [2.75, 3.05) is 48.5 Å². The number of rotatable bonds is 9. The number of hydrogen-bond donors (Lipinski definition) is 1. The van der Waals surface area contributed by atoms with Crippen molar-refractivity contribution in [1.82, 2.24) is 15.0 Å². The summed E-state index contributed by atoms with van der Waals surface area (Å²) in [6.45, 7) is 4.20. The first-order chi connectivity index (χ1) is 19.7. The van der Waals surface area contributed by atoms with E-state index in [9.17, 15) is 0 Å². The van der Waals surface area contributed by atoms with E-state index in [1.54, 1.807) is 19.4 Å². The number of nitrogens with one attached hydrogen (secondary N) is 1. The van der Waals surface area contributed by atoms with Crippen molar-refractivity contribution in [1.29, 1.82) is 0 Å². The fourth-order valence-corrected chi connectivity index (χ4v) is 5.48. The zero-order valence-corrected chi connectivity index (χ0v) is 23.3. The van der Waals surface area contributed by atoms with Crippen LogP contribution in [0.3, 0.4) is 0 Å². The van der Waals surface area contributed by atoms with Gasteiger partial charge in [0.2, 0.25) is 17.8 Å². The standard InChI is InChI=1S/C30H32ClN7O2/c1-39-26-18-21(17-25(31)27(26)40-20-23-11-8-10-22-9-2-3-12-24(22)23)19-32-36-28-33-29(37-13-4-5-14-37)35-30(34-28)38-15-6-7-16-38/h2-3,8-12,17-19H,4-7,13-16,20H2,1H3,(H,33,34,35,36)/b32-19-. The Morgan fingerprint density at radius 2 is 1.57 bits per heavy atom.